The summed E-state index contributed by atoms with van der Waals surface area (Å²) in [6.07, 6.45) is 5.47. The molecule has 140 valence electrons. The first-order valence-corrected chi connectivity index (χ1v) is 8.82. The van der Waals surface area contributed by atoms with Crippen molar-refractivity contribution in [1.29, 1.82) is 0 Å². The molecule has 0 aliphatic carbocycles. The van der Waals surface area contributed by atoms with Crippen molar-refractivity contribution in [2.45, 2.75) is 20.0 Å². The number of benzene rings is 2. The summed E-state index contributed by atoms with van der Waals surface area (Å²) < 4.78 is 12.8. The third-order valence-electron chi connectivity index (χ3n) is 4.09. The first kappa shape index (κ1) is 18.5. The number of carbonyl (C=O) groups is 1. The van der Waals surface area contributed by atoms with Gasteiger partial charge in [0.05, 0.1) is 20.0 Å². The molecule has 3 aromatic rings. The molecule has 3 rings (SSSR count). The number of rotatable bonds is 8. The normalized spacial score (nSPS) is 10.4. The van der Waals surface area contributed by atoms with Crippen molar-refractivity contribution in [2.24, 2.45) is 0 Å². The third-order valence-corrected chi connectivity index (χ3v) is 4.09. The van der Waals surface area contributed by atoms with Gasteiger partial charge in [0.2, 0.25) is 0 Å². The Morgan fingerprint density at radius 3 is 2.74 bits per heavy atom. The molecule has 1 amide bonds. The van der Waals surface area contributed by atoms with Crippen molar-refractivity contribution in [3.63, 3.8) is 0 Å². The summed E-state index contributed by atoms with van der Waals surface area (Å²) >= 11 is 0. The van der Waals surface area contributed by atoms with Crippen molar-refractivity contribution < 1.29 is 14.3 Å². The second kappa shape index (κ2) is 8.89. The minimum atomic E-state index is -0.154. The van der Waals surface area contributed by atoms with E-state index in [1.807, 2.05) is 29.8 Å². The molecule has 6 nitrogen and oxygen atoms in total. The van der Waals surface area contributed by atoms with E-state index in [0.717, 1.165) is 17.7 Å². The monoisotopic (exact) mass is 365 g/mol. The van der Waals surface area contributed by atoms with Crippen LogP contribution in [0.5, 0.6) is 11.5 Å². The molecule has 0 radical (unpaired) electrons. The van der Waals surface area contributed by atoms with Crippen LogP contribution in [0.2, 0.25) is 0 Å². The fourth-order valence-corrected chi connectivity index (χ4v) is 2.80. The molecule has 1 heterocycles. The van der Waals surface area contributed by atoms with Crippen molar-refractivity contribution in [3.05, 3.63) is 77.9 Å². The van der Waals surface area contributed by atoms with Gasteiger partial charge in [-0.2, -0.15) is 0 Å². The van der Waals surface area contributed by atoms with Crippen LogP contribution < -0.4 is 14.8 Å². The van der Waals surface area contributed by atoms with E-state index < -0.39 is 0 Å². The van der Waals surface area contributed by atoms with E-state index >= 15 is 0 Å². The quantitative estimate of drug-likeness (QED) is 0.665. The van der Waals surface area contributed by atoms with Gasteiger partial charge in [-0.05, 0) is 36.2 Å². The van der Waals surface area contributed by atoms with Crippen LogP contribution in [0, 0.1) is 0 Å². The first-order chi connectivity index (χ1) is 13.2. The number of imidazole rings is 1. The smallest absolute Gasteiger partial charge is 0.251 e. The number of aromatic nitrogens is 2. The lowest BCUT2D eigenvalue weighted by molar-refractivity contribution is 0.0950. The highest BCUT2D eigenvalue weighted by molar-refractivity contribution is 5.94. The summed E-state index contributed by atoms with van der Waals surface area (Å²) in [4.78, 5) is 16.5. The third kappa shape index (κ3) is 4.88. The summed E-state index contributed by atoms with van der Waals surface area (Å²) in [6.45, 7) is 3.60. The fourth-order valence-electron chi connectivity index (χ4n) is 2.80. The second-order valence-corrected chi connectivity index (χ2v) is 6.04. The largest absolute Gasteiger partial charge is 0.493 e. The van der Waals surface area contributed by atoms with Gasteiger partial charge >= 0.3 is 0 Å². The van der Waals surface area contributed by atoms with Crippen molar-refractivity contribution >= 4 is 5.91 Å². The summed E-state index contributed by atoms with van der Waals surface area (Å²) in [7, 11) is 1.58. The van der Waals surface area contributed by atoms with Crippen LogP contribution >= 0.6 is 0 Å². The van der Waals surface area contributed by atoms with Gasteiger partial charge in [0.1, 0.15) is 0 Å². The van der Waals surface area contributed by atoms with Gasteiger partial charge < -0.3 is 19.4 Å². The Balaban J connectivity index is 1.64. The number of nitrogens with zero attached hydrogens (tertiary/aromatic N) is 2. The van der Waals surface area contributed by atoms with Crippen molar-refractivity contribution in [2.75, 3.05) is 13.7 Å². The number of carbonyl (C=O) groups excluding carboxylic acids is 1. The highest BCUT2D eigenvalue weighted by Gasteiger charge is 2.11. The first-order valence-electron chi connectivity index (χ1n) is 8.82. The molecule has 0 fully saturated rings. The summed E-state index contributed by atoms with van der Waals surface area (Å²) in [5.74, 6) is 1.02. The molecule has 0 aliphatic heterocycles. The lowest BCUT2D eigenvalue weighted by Crippen LogP contribution is -2.23. The highest BCUT2D eigenvalue weighted by atomic mass is 16.5. The summed E-state index contributed by atoms with van der Waals surface area (Å²) in [5.41, 5.74) is 2.73. The maximum Gasteiger partial charge on any atom is 0.251 e. The average Bonchev–Trinajstić information content (AvgIpc) is 3.19. The Kier molecular flexibility index (Phi) is 6.10. The standard InChI is InChI=1S/C21H23N3O3/c1-3-27-20-12-18(7-8-19(20)26-2)21(25)23-13-16-5-4-6-17(11-16)14-24-10-9-22-15-24/h4-12,15H,3,13-14H2,1-2H3,(H,23,25). The maximum atomic E-state index is 12.5. The van der Waals surface area contributed by atoms with Crippen LogP contribution in [0.4, 0.5) is 0 Å². The SMILES string of the molecule is CCOc1cc(C(=O)NCc2cccc(Cn3ccnc3)c2)ccc1OC. The number of nitrogens with one attached hydrogen (secondary N) is 1. The Morgan fingerprint density at radius 1 is 1.15 bits per heavy atom. The van der Waals surface area contributed by atoms with Crippen LogP contribution in [0.3, 0.4) is 0 Å². The molecule has 0 atom stereocenters. The molecule has 0 spiro atoms. The number of amides is 1. The molecule has 0 bridgehead atoms. The molecular weight excluding hydrogens is 342 g/mol. The molecule has 0 saturated carbocycles. The molecule has 0 saturated heterocycles. The second-order valence-electron chi connectivity index (χ2n) is 6.04. The lowest BCUT2D eigenvalue weighted by Gasteiger charge is -2.12. The van der Waals surface area contributed by atoms with Gasteiger partial charge in [-0.3, -0.25) is 4.79 Å². The highest BCUT2D eigenvalue weighted by Crippen LogP contribution is 2.28. The van der Waals surface area contributed by atoms with E-state index in [4.69, 9.17) is 9.47 Å². The summed E-state index contributed by atoms with van der Waals surface area (Å²) in [6, 6.07) is 13.3. The molecule has 27 heavy (non-hydrogen) atoms. The van der Waals surface area contributed by atoms with E-state index in [9.17, 15) is 4.79 Å². The van der Waals surface area contributed by atoms with Crippen LogP contribution in [0.1, 0.15) is 28.4 Å². The van der Waals surface area contributed by atoms with Gasteiger partial charge in [-0.15, -0.1) is 0 Å². The predicted molar refractivity (Wildman–Crippen MR) is 103 cm³/mol. The van der Waals surface area contributed by atoms with E-state index in [1.165, 1.54) is 0 Å². The van der Waals surface area contributed by atoms with Gasteiger partial charge in [0.25, 0.3) is 5.91 Å². The lowest BCUT2D eigenvalue weighted by atomic mass is 10.1. The van der Waals surface area contributed by atoms with E-state index in [-0.39, 0.29) is 5.91 Å². The Hall–Kier alpha value is -3.28. The minimum absolute atomic E-state index is 0.154. The number of hydrogen-bond donors (Lipinski definition) is 1. The fraction of sp³-hybridized carbons (Fsp3) is 0.238. The van der Waals surface area contributed by atoms with Crippen LogP contribution in [0.15, 0.2) is 61.2 Å². The molecule has 0 aliphatic rings. The minimum Gasteiger partial charge on any atom is -0.493 e. The molecule has 1 aromatic heterocycles. The number of ether oxygens (including phenoxy) is 2. The number of hydrogen-bond acceptors (Lipinski definition) is 4. The zero-order valence-electron chi connectivity index (χ0n) is 15.5. The van der Waals surface area contributed by atoms with E-state index in [2.05, 4.69) is 22.4 Å². The molecule has 2 aromatic carbocycles. The zero-order chi connectivity index (χ0) is 19.1. The Labute approximate surface area is 158 Å². The molecular formula is C21H23N3O3. The zero-order valence-corrected chi connectivity index (χ0v) is 15.5. The topological polar surface area (TPSA) is 65.4 Å². The Morgan fingerprint density at radius 2 is 2.00 bits per heavy atom. The van der Waals surface area contributed by atoms with E-state index in [0.29, 0.717) is 30.2 Å². The number of methoxy groups -OCH3 is 1. The van der Waals surface area contributed by atoms with Gasteiger partial charge in [-0.1, -0.05) is 24.3 Å². The van der Waals surface area contributed by atoms with E-state index in [1.54, 1.807) is 37.8 Å². The van der Waals surface area contributed by atoms with Gasteiger partial charge in [-0.25, -0.2) is 4.98 Å². The van der Waals surface area contributed by atoms with Crippen molar-refractivity contribution in [1.82, 2.24) is 14.9 Å². The average molecular weight is 365 g/mol. The van der Waals surface area contributed by atoms with Crippen LogP contribution in [-0.4, -0.2) is 29.2 Å². The van der Waals surface area contributed by atoms with Gasteiger partial charge in [0, 0.05) is 31.0 Å². The van der Waals surface area contributed by atoms with Gasteiger partial charge in [0.15, 0.2) is 11.5 Å². The predicted octanol–water partition coefficient (Wildman–Crippen LogP) is 3.27. The molecule has 0 unspecified atom stereocenters. The molecule has 1 N–H and O–H groups in total. The summed E-state index contributed by atoms with van der Waals surface area (Å²) in [5, 5.41) is 2.95. The van der Waals surface area contributed by atoms with Crippen LogP contribution in [-0.2, 0) is 13.1 Å². The van der Waals surface area contributed by atoms with Crippen LogP contribution in [0.25, 0.3) is 0 Å². The van der Waals surface area contributed by atoms with Crippen molar-refractivity contribution in [3.8, 4) is 11.5 Å². The maximum absolute atomic E-state index is 12.5. The molecule has 6 heteroatoms. The Bertz CT molecular complexity index is 891.